The number of benzene rings is 2. The summed E-state index contributed by atoms with van der Waals surface area (Å²) < 4.78 is 0. The highest BCUT2D eigenvalue weighted by Crippen LogP contribution is 2.48. The minimum absolute atomic E-state index is 0.0588. The number of carboxylic acid groups (broad SMARTS) is 1. The highest BCUT2D eigenvalue weighted by Gasteiger charge is 2.43. The maximum absolute atomic E-state index is 11.1. The molecule has 0 aromatic heterocycles. The van der Waals surface area contributed by atoms with Gasteiger partial charge in [-0.3, -0.25) is 4.79 Å². The van der Waals surface area contributed by atoms with E-state index < -0.39 is 5.97 Å². The van der Waals surface area contributed by atoms with Crippen molar-refractivity contribution >= 4 is 17.6 Å². The van der Waals surface area contributed by atoms with Crippen LogP contribution in [0, 0.1) is 0 Å². The lowest BCUT2D eigenvalue weighted by Gasteiger charge is -2.14. The summed E-state index contributed by atoms with van der Waals surface area (Å²) in [5, 5.41) is 19.0. The molecule has 22 heavy (non-hydrogen) atoms. The van der Waals surface area contributed by atoms with E-state index in [-0.39, 0.29) is 18.4 Å². The third-order valence-corrected chi connectivity index (χ3v) is 4.77. The van der Waals surface area contributed by atoms with E-state index in [4.69, 9.17) is 16.7 Å². The molecule has 0 aliphatic heterocycles. The molecule has 0 bridgehead atoms. The van der Waals surface area contributed by atoms with E-state index in [1.165, 1.54) is 0 Å². The number of aliphatic hydroxyl groups excluding tert-OH is 1. The van der Waals surface area contributed by atoms with Crippen LogP contribution < -0.4 is 0 Å². The Hall–Kier alpha value is -1.84. The van der Waals surface area contributed by atoms with Gasteiger partial charge in [-0.1, -0.05) is 48.0 Å². The molecule has 0 unspecified atom stereocenters. The van der Waals surface area contributed by atoms with Crippen molar-refractivity contribution in [1.29, 1.82) is 0 Å². The zero-order chi connectivity index (χ0) is 15.7. The second kappa shape index (κ2) is 5.75. The standard InChI is InChI=1S/C18H17ClO3/c19-16-3-1-2-14(15(16)10-17(21)22)12-4-6-13(7-5-12)18(11-20)8-9-18/h1-7,20H,8-11H2,(H,21,22). The number of halogens is 1. The third-order valence-electron chi connectivity index (χ3n) is 4.41. The number of aliphatic carboxylic acids is 1. The number of hydrogen-bond acceptors (Lipinski definition) is 2. The molecule has 0 radical (unpaired) electrons. The van der Waals surface area contributed by atoms with E-state index >= 15 is 0 Å². The number of rotatable bonds is 5. The Morgan fingerprint density at radius 3 is 2.36 bits per heavy atom. The van der Waals surface area contributed by atoms with Gasteiger partial charge >= 0.3 is 5.97 Å². The van der Waals surface area contributed by atoms with Crippen LogP contribution >= 0.6 is 11.6 Å². The van der Waals surface area contributed by atoms with Crippen LogP contribution in [0.15, 0.2) is 42.5 Å². The average Bonchev–Trinajstić information content (AvgIpc) is 3.30. The van der Waals surface area contributed by atoms with Crippen LogP contribution in [-0.4, -0.2) is 22.8 Å². The molecular weight excluding hydrogens is 300 g/mol. The summed E-state index contributed by atoms with van der Waals surface area (Å²) in [6, 6.07) is 13.4. The van der Waals surface area contributed by atoms with Crippen LogP contribution in [0.25, 0.3) is 11.1 Å². The second-order valence-corrected chi connectivity index (χ2v) is 6.26. The van der Waals surface area contributed by atoms with Crippen molar-refractivity contribution in [2.45, 2.75) is 24.7 Å². The van der Waals surface area contributed by atoms with Crippen molar-refractivity contribution in [3.63, 3.8) is 0 Å². The minimum atomic E-state index is -0.900. The number of aliphatic hydroxyl groups is 1. The van der Waals surface area contributed by atoms with Gasteiger partial charge in [-0.25, -0.2) is 0 Å². The highest BCUT2D eigenvalue weighted by molar-refractivity contribution is 6.32. The number of carboxylic acids is 1. The Labute approximate surface area is 134 Å². The van der Waals surface area contributed by atoms with Crippen LogP contribution in [0.5, 0.6) is 0 Å². The molecule has 1 fully saturated rings. The molecule has 0 amide bonds. The first kappa shape index (κ1) is 15.1. The molecule has 4 heteroatoms. The van der Waals surface area contributed by atoms with Gasteiger partial charge in [0.2, 0.25) is 0 Å². The molecule has 3 nitrogen and oxygen atoms in total. The Morgan fingerprint density at radius 2 is 1.82 bits per heavy atom. The summed E-state index contributed by atoms with van der Waals surface area (Å²) in [5.74, 6) is -0.900. The van der Waals surface area contributed by atoms with Crippen LogP contribution in [0.4, 0.5) is 0 Å². The molecule has 0 spiro atoms. The van der Waals surface area contributed by atoms with Gasteiger partial charge in [0.05, 0.1) is 13.0 Å². The molecule has 0 heterocycles. The van der Waals surface area contributed by atoms with Gasteiger partial charge in [-0.15, -0.1) is 0 Å². The average molecular weight is 317 g/mol. The molecule has 2 aromatic carbocycles. The molecule has 2 N–H and O–H groups in total. The van der Waals surface area contributed by atoms with E-state index in [0.29, 0.717) is 10.6 Å². The Kier molecular flexibility index (Phi) is 3.94. The molecule has 0 saturated heterocycles. The quantitative estimate of drug-likeness (QED) is 0.885. The predicted molar refractivity (Wildman–Crippen MR) is 86.2 cm³/mol. The molecule has 1 aliphatic rings. The van der Waals surface area contributed by atoms with E-state index in [2.05, 4.69) is 0 Å². The van der Waals surface area contributed by atoms with Crippen molar-refractivity contribution in [2.24, 2.45) is 0 Å². The monoisotopic (exact) mass is 316 g/mol. The SMILES string of the molecule is O=C(O)Cc1c(Cl)cccc1-c1ccc(C2(CO)CC2)cc1. The number of hydrogen-bond donors (Lipinski definition) is 2. The van der Waals surface area contributed by atoms with Crippen molar-refractivity contribution in [1.82, 2.24) is 0 Å². The summed E-state index contributed by atoms with van der Waals surface area (Å²) >= 11 is 6.16. The van der Waals surface area contributed by atoms with Crippen LogP contribution in [0.1, 0.15) is 24.0 Å². The van der Waals surface area contributed by atoms with Gasteiger partial charge in [-0.05, 0) is 41.2 Å². The topological polar surface area (TPSA) is 57.5 Å². The fourth-order valence-electron chi connectivity index (χ4n) is 2.85. The van der Waals surface area contributed by atoms with Gasteiger partial charge in [0.15, 0.2) is 0 Å². The smallest absolute Gasteiger partial charge is 0.307 e. The normalized spacial score (nSPS) is 15.5. The van der Waals surface area contributed by atoms with E-state index in [9.17, 15) is 9.90 Å². The molecule has 1 aliphatic carbocycles. The maximum Gasteiger partial charge on any atom is 0.307 e. The van der Waals surface area contributed by atoms with Gasteiger partial charge in [0.25, 0.3) is 0 Å². The molecule has 3 rings (SSSR count). The minimum Gasteiger partial charge on any atom is -0.481 e. The fourth-order valence-corrected chi connectivity index (χ4v) is 3.09. The van der Waals surface area contributed by atoms with Crippen molar-refractivity contribution < 1.29 is 15.0 Å². The summed E-state index contributed by atoms with van der Waals surface area (Å²) in [5.41, 5.74) is 3.50. The van der Waals surface area contributed by atoms with Gasteiger partial charge in [-0.2, -0.15) is 0 Å². The second-order valence-electron chi connectivity index (χ2n) is 5.85. The van der Waals surface area contributed by atoms with E-state index in [1.54, 1.807) is 6.07 Å². The fraction of sp³-hybridized carbons (Fsp3) is 0.278. The van der Waals surface area contributed by atoms with Crippen molar-refractivity contribution in [3.8, 4) is 11.1 Å². The summed E-state index contributed by atoms with van der Waals surface area (Å²) in [6.45, 7) is 0.174. The van der Waals surface area contributed by atoms with Gasteiger partial charge < -0.3 is 10.2 Å². The summed E-state index contributed by atoms with van der Waals surface area (Å²) in [6.07, 6.45) is 1.94. The lowest BCUT2D eigenvalue weighted by atomic mass is 9.92. The third kappa shape index (κ3) is 2.74. The first-order valence-electron chi connectivity index (χ1n) is 7.27. The molecule has 2 aromatic rings. The Morgan fingerprint density at radius 1 is 1.14 bits per heavy atom. The van der Waals surface area contributed by atoms with E-state index in [0.717, 1.165) is 29.5 Å². The molecule has 114 valence electrons. The molecule has 1 saturated carbocycles. The molecular formula is C18H17ClO3. The zero-order valence-electron chi connectivity index (χ0n) is 12.1. The first-order valence-corrected chi connectivity index (χ1v) is 7.64. The van der Waals surface area contributed by atoms with Crippen molar-refractivity contribution in [2.75, 3.05) is 6.61 Å². The van der Waals surface area contributed by atoms with Gasteiger partial charge in [0, 0.05) is 10.4 Å². The van der Waals surface area contributed by atoms with Crippen LogP contribution in [0.2, 0.25) is 5.02 Å². The van der Waals surface area contributed by atoms with Crippen LogP contribution in [-0.2, 0) is 16.6 Å². The summed E-state index contributed by atoms with van der Waals surface area (Å²) in [7, 11) is 0. The Bertz CT molecular complexity index is 703. The molecule has 0 atom stereocenters. The van der Waals surface area contributed by atoms with Crippen LogP contribution in [0.3, 0.4) is 0 Å². The summed E-state index contributed by atoms with van der Waals surface area (Å²) in [4.78, 5) is 11.1. The maximum atomic E-state index is 11.1. The Balaban J connectivity index is 1.98. The zero-order valence-corrected chi connectivity index (χ0v) is 12.8. The predicted octanol–water partition coefficient (Wildman–Crippen LogP) is 3.66. The van der Waals surface area contributed by atoms with E-state index in [1.807, 2.05) is 36.4 Å². The number of carbonyl (C=O) groups is 1. The van der Waals surface area contributed by atoms with Gasteiger partial charge in [0.1, 0.15) is 0 Å². The lowest BCUT2D eigenvalue weighted by Crippen LogP contribution is -2.11. The largest absolute Gasteiger partial charge is 0.481 e. The van der Waals surface area contributed by atoms with Crippen molar-refractivity contribution in [3.05, 3.63) is 58.6 Å². The first-order chi connectivity index (χ1) is 10.6. The lowest BCUT2D eigenvalue weighted by molar-refractivity contribution is -0.136. The highest BCUT2D eigenvalue weighted by atomic mass is 35.5.